The van der Waals surface area contributed by atoms with Crippen LogP contribution in [-0.4, -0.2) is 38.7 Å². The number of piperazine rings is 1. The molecule has 1 aromatic carbocycles. The predicted octanol–water partition coefficient (Wildman–Crippen LogP) is 2.03. The number of ether oxygens (including phenoxy) is 1. The van der Waals surface area contributed by atoms with Gasteiger partial charge >= 0.3 is 0 Å². The Morgan fingerprint density at radius 2 is 2.31 bits per heavy atom. The summed E-state index contributed by atoms with van der Waals surface area (Å²) in [5.74, 6) is 0.947. The zero-order valence-corrected chi connectivity index (χ0v) is 11.3. The highest BCUT2D eigenvalue weighted by molar-refractivity contribution is 9.10. The number of hydrogen-bond donors (Lipinski definition) is 1. The van der Waals surface area contributed by atoms with Crippen molar-refractivity contribution in [1.29, 1.82) is 0 Å². The molecule has 16 heavy (non-hydrogen) atoms. The summed E-state index contributed by atoms with van der Waals surface area (Å²) in [7, 11) is 3.88. The molecule has 3 nitrogen and oxygen atoms in total. The standard InChI is InChI=1S/C12H17BrN2O/c1-15-7-6-14-8-11(15)9-4-3-5-10(13)12(9)16-2/h3-5,11,14H,6-8H2,1-2H3. The zero-order valence-electron chi connectivity index (χ0n) is 9.66. The van der Waals surface area contributed by atoms with Crippen LogP contribution in [0.15, 0.2) is 22.7 Å². The quantitative estimate of drug-likeness (QED) is 0.900. The second kappa shape index (κ2) is 5.17. The molecule has 0 bridgehead atoms. The number of hydrogen-bond acceptors (Lipinski definition) is 3. The highest BCUT2D eigenvalue weighted by Gasteiger charge is 2.24. The molecule has 0 amide bonds. The fourth-order valence-electron chi connectivity index (χ4n) is 2.16. The summed E-state index contributed by atoms with van der Waals surface area (Å²) in [6, 6.07) is 6.60. The molecule has 4 heteroatoms. The summed E-state index contributed by atoms with van der Waals surface area (Å²) in [6.07, 6.45) is 0. The van der Waals surface area contributed by atoms with E-state index in [9.17, 15) is 0 Å². The molecule has 0 radical (unpaired) electrons. The number of nitrogens with zero attached hydrogens (tertiary/aromatic N) is 1. The molecule has 1 N–H and O–H groups in total. The average molecular weight is 285 g/mol. The van der Waals surface area contributed by atoms with Crippen LogP contribution in [0.4, 0.5) is 0 Å². The number of para-hydroxylation sites is 1. The lowest BCUT2D eigenvalue weighted by atomic mass is 10.0. The molecule has 1 heterocycles. The lowest BCUT2D eigenvalue weighted by Crippen LogP contribution is -2.43. The van der Waals surface area contributed by atoms with Crippen LogP contribution in [0.2, 0.25) is 0 Å². The van der Waals surface area contributed by atoms with Gasteiger partial charge in [0.1, 0.15) is 5.75 Å². The topological polar surface area (TPSA) is 24.5 Å². The molecule has 1 unspecified atom stereocenters. The fraction of sp³-hybridized carbons (Fsp3) is 0.500. The number of benzene rings is 1. The van der Waals surface area contributed by atoms with E-state index in [1.807, 2.05) is 6.07 Å². The molecule has 0 spiro atoms. The smallest absolute Gasteiger partial charge is 0.137 e. The van der Waals surface area contributed by atoms with Crippen LogP contribution in [0, 0.1) is 0 Å². The van der Waals surface area contributed by atoms with Crippen molar-refractivity contribution in [3.63, 3.8) is 0 Å². The lowest BCUT2D eigenvalue weighted by Gasteiger charge is -2.34. The second-order valence-corrected chi connectivity index (χ2v) is 4.92. The molecule has 1 saturated heterocycles. The van der Waals surface area contributed by atoms with E-state index in [0.717, 1.165) is 29.9 Å². The van der Waals surface area contributed by atoms with Crippen molar-refractivity contribution in [3.8, 4) is 5.75 Å². The molecular weight excluding hydrogens is 268 g/mol. The average Bonchev–Trinajstić information content (AvgIpc) is 2.29. The second-order valence-electron chi connectivity index (χ2n) is 4.06. The maximum absolute atomic E-state index is 5.48. The highest BCUT2D eigenvalue weighted by Crippen LogP contribution is 2.35. The summed E-state index contributed by atoms with van der Waals surface area (Å²) in [5.41, 5.74) is 1.24. The molecule has 1 aliphatic heterocycles. The maximum atomic E-state index is 5.48. The van der Waals surface area contributed by atoms with Crippen LogP contribution in [0.3, 0.4) is 0 Å². The molecule has 1 fully saturated rings. The first kappa shape index (κ1) is 11.9. The van der Waals surface area contributed by atoms with Gasteiger partial charge < -0.3 is 10.1 Å². The van der Waals surface area contributed by atoms with Gasteiger partial charge in [-0.1, -0.05) is 12.1 Å². The predicted molar refractivity (Wildman–Crippen MR) is 68.9 cm³/mol. The number of rotatable bonds is 2. The maximum Gasteiger partial charge on any atom is 0.137 e. The normalized spacial score (nSPS) is 22.1. The largest absolute Gasteiger partial charge is 0.495 e. The van der Waals surface area contributed by atoms with Crippen molar-refractivity contribution in [1.82, 2.24) is 10.2 Å². The molecule has 2 rings (SSSR count). The van der Waals surface area contributed by atoms with Gasteiger partial charge in [0.05, 0.1) is 17.6 Å². The Morgan fingerprint density at radius 3 is 3.00 bits per heavy atom. The number of methoxy groups -OCH3 is 1. The first-order valence-corrected chi connectivity index (χ1v) is 6.26. The first-order valence-electron chi connectivity index (χ1n) is 5.47. The van der Waals surface area contributed by atoms with Crippen LogP contribution >= 0.6 is 15.9 Å². The highest BCUT2D eigenvalue weighted by atomic mass is 79.9. The molecule has 1 atom stereocenters. The van der Waals surface area contributed by atoms with Crippen molar-refractivity contribution in [3.05, 3.63) is 28.2 Å². The van der Waals surface area contributed by atoms with Crippen molar-refractivity contribution >= 4 is 15.9 Å². The zero-order chi connectivity index (χ0) is 11.5. The van der Waals surface area contributed by atoms with E-state index in [1.165, 1.54) is 5.56 Å². The molecule has 1 aliphatic rings. The third-order valence-electron chi connectivity index (χ3n) is 3.07. The van der Waals surface area contributed by atoms with Gasteiger partial charge in [0.25, 0.3) is 0 Å². The van der Waals surface area contributed by atoms with Gasteiger partial charge in [-0.25, -0.2) is 0 Å². The van der Waals surface area contributed by atoms with E-state index in [4.69, 9.17) is 4.74 Å². The first-order chi connectivity index (χ1) is 7.74. The van der Waals surface area contributed by atoms with E-state index < -0.39 is 0 Å². The van der Waals surface area contributed by atoms with Gasteiger partial charge in [-0.05, 0) is 29.0 Å². The molecule has 0 aliphatic carbocycles. The Balaban J connectivity index is 2.34. The fourth-order valence-corrected chi connectivity index (χ4v) is 2.70. The van der Waals surface area contributed by atoms with Crippen LogP contribution in [0.25, 0.3) is 0 Å². The van der Waals surface area contributed by atoms with Gasteiger partial charge in [-0.2, -0.15) is 0 Å². The van der Waals surface area contributed by atoms with Gasteiger partial charge in [0.15, 0.2) is 0 Å². The summed E-state index contributed by atoms with van der Waals surface area (Å²) < 4.78 is 6.50. The Morgan fingerprint density at radius 1 is 1.50 bits per heavy atom. The molecule has 0 aromatic heterocycles. The summed E-state index contributed by atoms with van der Waals surface area (Å²) in [6.45, 7) is 3.10. The molecular formula is C12H17BrN2O. The summed E-state index contributed by atoms with van der Waals surface area (Å²) in [4.78, 5) is 2.36. The van der Waals surface area contributed by atoms with Crippen LogP contribution in [-0.2, 0) is 0 Å². The van der Waals surface area contributed by atoms with Gasteiger partial charge in [0, 0.05) is 25.2 Å². The van der Waals surface area contributed by atoms with E-state index in [2.05, 4.69) is 45.3 Å². The van der Waals surface area contributed by atoms with Crippen molar-refractivity contribution in [2.45, 2.75) is 6.04 Å². The van der Waals surface area contributed by atoms with Crippen molar-refractivity contribution in [2.75, 3.05) is 33.8 Å². The third-order valence-corrected chi connectivity index (χ3v) is 3.70. The van der Waals surface area contributed by atoms with Crippen LogP contribution < -0.4 is 10.1 Å². The third kappa shape index (κ3) is 2.24. The van der Waals surface area contributed by atoms with E-state index >= 15 is 0 Å². The minimum atomic E-state index is 0.390. The Kier molecular flexibility index (Phi) is 3.84. The van der Waals surface area contributed by atoms with E-state index in [1.54, 1.807) is 7.11 Å². The van der Waals surface area contributed by atoms with E-state index in [-0.39, 0.29) is 0 Å². The molecule has 1 aromatic rings. The molecule has 0 saturated carbocycles. The van der Waals surface area contributed by atoms with Crippen molar-refractivity contribution < 1.29 is 4.74 Å². The van der Waals surface area contributed by atoms with E-state index in [0.29, 0.717) is 6.04 Å². The van der Waals surface area contributed by atoms with Crippen molar-refractivity contribution in [2.24, 2.45) is 0 Å². The Hall–Kier alpha value is -0.580. The van der Waals surface area contributed by atoms with Crippen LogP contribution in [0.5, 0.6) is 5.75 Å². The number of likely N-dealkylation sites (N-methyl/N-ethyl adjacent to an activating group) is 1. The van der Waals surface area contributed by atoms with Gasteiger partial charge in [-0.3, -0.25) is 4.90 Å². The van der Waals surface area contributed by atoms with Gasteiger partial charge in [-0.15, -0.1) is 0 Å². The number of nitrogens with one attached hydrogen (secondary N) is 1. The number of halogens is 1. The minimum Gasteiger partial charge on any atom is -0.495 e. The minimum absolute atomic E-state index is 0.390. The SMILES string of the molecule is COc1c(Br)cccc1C1CNCCN1C. The van der Waals surface area contributed by atoms with Gasteiger partial charge in [0.2, 0.25) is 0 Å². The summed E-state index contributed by atoms with van der Waals surface area (Å²) >= 11 is 3.53. The lowest BCUT2D eigenvalue weighted by molar-refractivity contribution is 0.198. The monoisotopic (exact) mass is 284 g/mol. The molecule has 88 valence electrons. The Labute approximate surface area is 105 Å². The summed E-state index contributed by atoms with van der Waals surface area (Å²) in [5, 5.41) is 3.42. The van der Waals surface area contributed by atoms with Crippen LogP contribution in [0.1, 0.15) is 11.6 Å². The Bertz CT molecular complexity index is 370.